The summed E-state index contributed by atoms with van der Waals surface area (Å²) in [7, 11) is 0. The molecule has 1 aromatic carbocycles. The molecule has 1 amide bonds. The van der Waals surface area contributed by atoms with E-state index in [1.807, 2.05) is 28.1 Å². The van der Waals surface area contributed by atoms with E-state index in [9.17, 15) is 13.6 Å². The van der Waals surface area contributed by atoms with Crippen molar-refractivity contribution in [1.82, 2.24) is 14.8 Å². The molecule has 0 radical (unpaired) electrons. The number of hydrogen-bond acceptors (Lipinski definition) is 6. The van der Waals surface area contributed by atoms with Crippen LogP contribution in [0.25, 0.3) is 0 Å². The Morgan fingerprint density at radius 2 is 2.10 bits per heavy atom. The number of amides is 1. The molecule has 0 atom stereocenters. The molecular formula is C20H16F2N4O2S2. The lowest BCUT2D eigenvalue weighted by Gasteiger charge is -2.09. The quantitative estimate of drug-likeness (QED) is 0.401. The number of hydrogen-bond donors (Lipinski definition) is 1. The van der Waals surface area contributed by atoms with Gasteiger partial charge < -0.3 is 9.73 Å². The highest BCUT2D eigenvalue weighted by Gasteiger charge is 2.17. The third-order valence-electron chi connectivity index (χ3n) is 4.14. The van der Waals surface area contributed by atoms with Gasteiger partial charge in [-0.15, -0.1) is 21.5 Å². The average Bonchev–Trinajstić information content (AvgIpc) is 3.47. The van der Waals surface area contributed by atoms with E-state index in [0.717, 1.165) is 28.6 Å². The zero-order valence-corrected chi connectivity index (χ0v) is 17.2. The Labute approximate surface area is 178 Å². The molecule has 0 aliphatic heterocycles. The van der Waals surface area contributed by atoms with E-state index in [1.165, 1.54) is 17.8 Å². The maximum absolute atomic E-state index is 13.7. The van der Waals surface area contributed by atoms with Gasteiger partial charge in [0.25, 0.3) is 0 Å². The highest BCUT2D eigenvalue weighted by molar-refractivity contribution is 7.99. The van der Waals surface area contributed by atoms with Crippen molar-refractivity contribution in [2.75, 3.05) is 11.1 Å². The van der Waals surface area contributed by atoms with E-state index >= 15 is 0 Å². The molecule has 154 valence electrons. The van der Waals surface area contributed by atoms with Crippen molar-refractivity contribution in [1.29, 1.82) is 0 Å². The zero-order chi connectivity index (χ0) is 20.9. The number of nitrogens with zero attached hydrogens (tertiary/aromatic N) is 3. The van der Waals surface area contributed by atoms with Gasteiger partial charge >= 0.3 is 0 Å². The van der Waals surface area contributed by atoms with Gasteiger partial charge in [-0.3, -0.25) is 9.36 Å². The average molecular weight is 447 g/mol. The Hall–Kier alpha value is -2.98. The topological polar surface area (TPSA) is 73.0 Å². The molecular weight excluding hydrogens is 430 g/mol. The molecule has 0 spiro atoms. The molecule has 6 nitrogen and oxygen atoms in total. The van der Waals surface area contributed by atoms with Crippen molar-refractivity contribution in [2.45, 2.75) is 18.1 Å². The lowest BCUT2D eigenvalue weighted by atomic mass is 10.3. The molecule has 0 fully saturated rings. The Balaban J connectivity index is 1.47. The molecule has 0 saturated carbocycles. The lowest BCUT2D eigenvalue weighted by molar-refractivity contribution is -0.113. The highest BCUT2D eigenvalue weighted by atomic mass is 32.2. The van der Waals surface area contributed by atoms with Gasteiger partial charge in [-0.2, -0.15) is 0 Å². The minimum absolute atomic E-state index is 0.00783. The van der Waals surface area contributed by atoms with Gasteiger partial charge in [-0.05, 0) is 35.7 Å². The predicted octanol–water partition coefficient (Wildman–Crippen LogP) is 4.58. The van der Waals surface area contributed by atoms with E-state index < -0.39 is 17.5 Å². The number of thioether (sulfide) groups is 1. The Morgan fingerprint density at radius 3 is 2.83 bits per heavy atom. The highest BCUT2D eigenvalue weighted by Crippen LogP contribution is 2.23. The number of benzene rings is 1. The largest absolute Gasteiger partial charge is 0.467 e. The van der Waals surface area contributed by atoms with Crippen molar-refractivity contribution in [3.05, 3.63) is 82.2 Å². The Bertz CT molecular complexity index is 1130. The predicted molar refractivity (Wildman–Crippen MR) is 111 cm³/mol. The molecule has 0 saturated heterocycles. The van der Waals surface area contributed by atoms with E-state index in [1.54, 1.807) is 23.7 Å². The fourth-order valence-corrected chi connectivity index (χ4v) is 4.21. The Kier molecular flexibility index (Phi) is 6.24. The summed E-state index contributed by atoms with van der Waals surface area (Å²) in [5.74, 6) is -0.482. The number of halogens is 2. The van der Waals surface area contributed by atoms with Crippen LogP contribution in [0.3, 0.4) is 0 Å². The number of thiophene rings is 1. The van der Waals surface area contributed by atoms with Crippen LogP contribution in [-0.2, 0) is 17.8 Å². The molecule has 4 aromatic rings. The molecule has 0 aliphatic carbocycles. The van der Waals surface area contributed by atoms with Crippen LogP contribution in [0.2, 0.25) is 0 Å². The zero-order valence-electron chi connectivity index (χ0n) is 15.5. The van der Waals surface area contributed by atoms with Gasteiger partial charge in [-0.25, -0.2) is 8.78 Å². The van der Waals surface area contributed by atoms with Crippen molar-refractivity contribution in [3.63, 3.8) is 0 Å². The smallest absolute Gasteiger partial charge is 0.234 e. The van der Waals surface area contributed by atoms with E-state index in [-0.39, 0.29) is 11.4 Å². The van der Waals surface area contributed by atoms with Crippen molar-refractivity contribution in [2.24, 2.45) is 0 Å². The van der Waals surface area contributed by atoms with Crippen molar-refractivity contribution in [3.8, 4) is 0 Å². The van der Waals surface area contributed by atoms with E-state index in [4.69, 9.17) is 4.42 Å². The third-order valence-corrected chi connectivity index (χ3v) is 5.98. The van der Waals surface area contributed by atoms with Gasteiger partial charge in [0, 0.05) is 17.4 Å². The molecule has 4 rings (SSSR count). The van der Waals surface area contributed by atoms with Gasteiger partial charge in [0.2, 0.25) is 5.91 Å². The summed E-state index contributed by atoms with van der Waals surface area (Å²) in [4.78, 5) is 13.4. The number of carbonyl (C=O) groups excluding carboxylic acids is 1. The minimum atomic E-state index is -0.826. The monoisotopic (exact) mass is 446 g/mol. The first kappa shape index (κ1) is 20.3. The standard InChI is InChI=1S/C20H16F2N4O2S2/c21-13-5-6-17(16(22)9-13)23-19(27)12-30-20-25-24-18(10-15-4-2-8-29-15)26(20)11-14-3-1-7-28-14/h1-9H,10-12H2,(H,23,27). The summed E-state index contributed by atoms with van der Waals surface area (Å²) in [6.07, 6.45) is 2.20. The molecule has 30 heavy (non-hydrogen) atoms. The summed E-state index contributed by atoms with van der Waals surface area (Å²) in [5.41, 5.74) is -0.0718. The summed E-state index contributed by atoms with van der Waals surface area (Å²) in [6.45, 7) is 0.428. The third kappa shape index (κ3) is 4.95. The first-order valence-corrected chi connectivity index (χ1v) is 10.8. The van der Waals surface area contributed by atoms with Crippen LogP contribution < -0.4 is 5.32 Å². The van der Waals surface area contributed by atoms with Crippen LogP contribution >= 0.6 is 23.1 Å². The van der Waals surface area contributed by atoms with E-state index in [0.29, 0.717) is 18.1 Å². The van der Waals surface area contributed by atoms with Gasteiger partial charge in [0.15, 0.2) is 5.16 Å². The SMILES string of the molecule is O=C(CSc1nnc(Cc2cccs2)n1Cc1ccco1)Nc1ccc(F)cc1F. The second-order valence-electron chi connectivity index (χ2n) is 6.28. The second-order valence-corrected chi connectivity index (χ2v) is 8.26. The van der Waals surface area contributed by atoms with Gasteiger partial charge in [0.05, 0.1) is 24.2 Å². The number of aromatic nitrogens is 3. The summed E-state index contributed by atoms with van der Waals surface area (Å²) in [6, 6.07) is 10.6. The lowest BCUT2D eigenvalue weighted by Crippen LogP contribution is -2.16. The van der Waals surface area contributed by atoms with Crippen LogP contribution in [0, 0.1) is 11.6 Å². The van der Waals surface area contributed by atoms with Gasteiger partial charge in [0.1, 0.15) is 23.2 Å². The summed E-state index contributed by atoms with van der Waals surface area (Å²) < 4.78 is 34.1. The van der Waals surface area contributed by atoms with Crippen LogP contribution in [0.1, 0.15) is 16.5 Å². The molecule has 1 N–H and O–H groups in total. The molecule has 3 aromatic heterocycles. The molecule has 0 aliphatic rings. The number of furan rings is 1. The maximum atomic E-state index is 13.7. The fourth-order valence-electron chi connectivity index (χ4n) is 2.75. The minimum Gasteiger partial charge on any atom is -0.467 e. The molecule has 3 heterocycles. The molecule has 10 heteroatoms. The molecule has 0 unspecified atom stereocenters. The van der Waals surface area contributed by atoms with Crippen LogP contribution in [0.15, 0.2) is 63.7 Å². The summed E-state index contributed by atoms with van der Waals surface area (Å²) in [5, 5.41) is 13.5. The second kappa shape index (κ2) is 9.23. The maximum Gasteiger partial charge on any atom is 0.234 e. The Morgan fingerprint density at radius 1 is 1.20 bits per heavy atom. The summed E-state index contributed by atoms with van der Waals surface area (Å²) >= 11 is 2.81. The normalized spacial score (nSPS) is 11.0. The first-order chi connectivity index (χ1) is 14.6. The number of anilines is 1. The van der Waals surface area contributed by atoms with Crippen LogP contribution in [0.5, 0.6) is 0 Å². The molecule has 0 bridgehead atoms. The first-order valence-electron chi connectivity index (χ1n) is 8.93. The number of nitrogens with one attached hydrogen (secondary N) is 1. The number of carbonyl (C=O) groups is 1. The van der Waals surface area contributed by atoms with Crippen LogP contribution in [0.4, 0.5) is 14.5 Å². The van der Waals surface area contributed by atoms with Gasteiger partial charge in [-0.1, -0.05) is 17.8 Å². The fraction of sp³-hybridized carbons (Fsp3) is 0.150. The number of rotatable bonds is 8. The van der Waals surface area contributed by atoms with E-state index in [2.05, 4.69) is 15.5 Å². The van der Waals surface area contributed by atoms with Crippen molar-refractivity contribution < 1.29 is 18.0 Å². The van der Waals surface area contributed by atoms with Crippen LogP contribution in [-0.4, -0.2) is 26.4 Å². The van der Waals surface area contributed by atoms with Crippen molar-refractivity contribution >= 4 is 34.7 Å².